The van der Waals surface area contributed by atoms with E-state index in [1.807, 2.05) is 46.2 Å². The van der Waals surface area contributed by atoms with Crippen LogP contribution in [-0.4, -0.2) is 45.8 Å². The first-order valence-electron chi connectivity index (χ1n) is 16.3. The number of amides is 4. The summed E-state index contributed by atoms with van der Waals surface area (Å²) < 4.78 is 19.9. The van der Waals surface area contributed by atoms with Crippen molar-refractivity contribution in [3.05, 3.63) is 120 Å². The number of thiophene rings is 1. The first kappa shape index (κ1) is 33.9. The van der Waals surface area contributed by atoms with Gasteiger partial charge >= 0.3 is 0 Å². The molecule has 6 atom stereocenters. The summed E-state index contributed by atoms with van der Waals surface area (Å²) in [4.78, 5) is 60.5. The van der Waals surface area contributed by atoms with Gasteiger partial charge in [-0.25, -0.2) is 4.39 Å². The number of benzene rings is 3. The number of anilines is 1. The predicted octanol–water partition coefficient (Wildman–Crippen LogP) is 7.04. The number of hydrazine groups is 1. The molecular weight excluding hydrogens is 808 g/mol. The number of carbonyl (C=O) groups is 4. The van der Waals surface area contributed by atoms with E-state index in [4.69, 9.17) is 16.3 Å². The van der Waals surface area contributed by atoms with Crippen molar-refractivity contribution in [1.29, 1.82) is 0 Å². The summed E-state index contributed by atoms with van der Waals surface area (Å²) in [6, 6.07) is 19.4. The second kappa shape index (κ2) is 12.7. The summed E-state index contributed by atoms with van der Waals surface area (Å²) in [5, 5.41) is 14.2. The Morgan fingerprint density at radius 2 is 1.76 bits per heavy atom. The van der Waals surface area contributed by atoms with Crippen molar-refractivity contribution < 1.29 is 33.4 Å². The molecule has 2 aliphatic heterocycles. The maximum atomic E-state index is 15.3. The van der Waals surface area contributed by atoms with E-state index in [9.17, 15) is 23.9 Å². The highest BCUT2D eigenvalue weighted by Gasteiger charge is 2.70. The molecule has 2 aliphatic carbocycles. The zero-order chi connectivity index (χ0) is 35.8. The van der Waals surface area contributed by atoms with Crippen LogP contribution in [0.4, 0.5) is 10.1 Å². The highest BCUT2D eigenvalue weighted by atomic mass is 127. The molecule has 13 heteroatoms. The molecule has 0 unspecified atom stereocenters. The Labute approximate surface area is 315 Å². The maximum Gasteiger partial charge on any atom is 0.260 e. The second-order valence-corrected chi connectivity index (χ2v) is 15.9. The Kier molecular flexibility index (Phi) is 8.46. The number of methoxy groups -OCH3 is 1. The first-order valence-corrected chi connectivity index (χ1v) is 18.7. The van der Waals surface area contributed by atoms with Gasteiger partial charge in [-0.2, -0.15) is 5.01 Å². The highest BCUT2D eigenvalue weighted by Crippen LogP contribution is 2.64. The number of nitrogens with one attached hydrogen (secondary N) is 1. The van der Waals surface area contributed by atoms with Crippen LogP contribution in [0.2, 0.25) is 5.02 Å². The van der Waals surface area contributed by atoms with Crippen LogP contribution < -0.4 is 10.2 Å². The Morgan fingerprint density at radius 1 is 1.02 bits per heavy atom. The number of nitrogens with zero attached hydrogens (tertiary/aromatic N) is 2. The van der Waals surface area contributed by atoms with Gasteiger partial charge in [0.25, 0.3) is 11.8 Å². The molecule has 1 saturated carbocycles. The van der Waals surface area contributed by atoms with E-state index >= 15 is 4.79 Å². The Balaban J connectivity index is 1.33. The molecule has 9 nitrogen and oxygen atoms in total. The average Bonchev–Trinajstić information content (AvgIpc) is 3.79. The van der Waals surface area contributed by atoms with Crippen LogP contribution in [0.1, 0.15) is 34.8 Å². The number of ether oxygens (including phenoxy) is 1. The van der Waals surface area contributed by atoms with E-state index in [0.717, 1.165) is 15.5 Å². The van der Waals surface area contributed by atoms with Crippen molar-refractivity contribution in [1.82, 2.24) is 9.91 Å². The first-order chi connectivity index (χ1) is 24.5. The molecule has 4 aliphatic rings. The van der Waals surface area contributed by atoms with E-state index in [1.165, 1.54) is 47.6 Å². The largest absolute Gasteiger partial charge is 0.504 e. The van der Waals surface area contributed by atoms with Crippen LogP contribution in [0.5, 0.6) is 11.5 Å². The Hall–Kier alpha value is -4.27. The summed E-state index contributed by atoms with van der Waals surface area (Å²) in [6.07, 6.45) is 2.38. The van der Waals surface area contributed by atoms with Gasteiger partial charge in [0.15, 0.2) is 11.5 Å². The lowest BCUT2D eigenvalue weighted by molar-refractivity contribution is -0.141. The van der Waals surface area contributed by atoms with Gasteiger partial charge in [0.1, 0.15) is 5.82 Å². The van der Waals surface area contributed by atoms with Gasteiger partial charge in [0.05, 0.1) is 46.1 Å². The number of carbonyl (C=O) groups excluding carboxylic acids is 4. The van der Waals surface area contributed by atoms with E-state index in [-0.39, 0.29) is 42.7 Å². The van der Waals surface area contributed by atoms with E-state index in [2.05, 4.69) is 5.43 Å². The third-order valence-corrected chi connectivity index (χ3v) is 12.8. The zero-order valence-corrected chi connectivity index (χ0v) is 30.7. The summed E-state index contributed by atoms with van der Waals surface area (Å²) in [5.74, 6) is -5.65. The predicted molar refractivity (Wildman–Crippen MR) is 196 cm³/mol. The third-order valence-electron chi connectivity index (χ3n) is 10.8. The number of hydrogen-bond acceptors (Lipinski definition) is 8. The number of allylic oxidation sites excluding steroid dienone is 2. The number of fused-ring (bicyclic) bond motifs is 4. The smallest absolute Gasteiger partial charge is 0.260 e. The highest BCUT2D eigenvalue weighted by molar-refractivity contribution is 14.1. The monoisotopic (exact) mass is 837 g/mol. The van der Waals surface area contributed by atoms with E-state index < -0.39 is 52.6 Å². The number of aromatic hydroxyl groups is 1. The Morgan fingerprint density at radius 3 is 2.45 bits per heavy atom. The van der Waals surface area contributed by atoms with Crippen molar-refractivity contribution in [3.63, 3.8) is 0 Å². The molecule has 1 aromatic heterocycles. The van der Waals surface area contributed by atoms with Crippen LogP contribution in [0.25, 0.3) is 0 Å². The van der Waals surface area contributed by atoms with Gasteiger partial charge in [0, 0.05) is 15.8 Å². The quantitative estimate of drug-likeness (QED) is 0.117. The number of phenolic OH excluding ortho intramolecular Hbond substituents is 1. The molecule has 51 heavy (non-hydrogen) atoms. The van der Waals surface area contributed by atoms with E-state index in [0.29, 0.717) is 25.4 Å². The number of phenols is 1. The average molecular weight is 838 g/mol. The van der Waals surface area contributed by atoms with Gasteiger partial charge in [-0.1, -0.05) is 41.4 Å². The van der Waals surface area contributed by atoms with Crippen LogP contribution >= 0.6 is 45.5 Å². The third kappa shape index (κ3) is 5.20. The normalized spacial score (nSPS) is 26.9. The van der Waals surface area contributed by atoms with Crippen molar-refractivity contribution in [3.8, 4) is 11.5 Å². The van der Waals surface area contributed by atoms with Crippen molar-refractivity contribution in [2.75, 3.05) is 12.5 Å². The lowest BCUT2D eigenvalue weighted by Crippen LogP contribution is -2.53. The standard InChI is InChI=1S/C38H30ClFIN3O6S/c1-50-30-16-19(15-29(41)33(30)45)32-25-12-13-26-31(36(48)43(34(26)46)18-24-3-2-14-51-24)27(25)17-28-35(47)44(42-23-10-8-22(40)9-11-23)37(49)38(28,32)20-4-6-21(39)7-5-20/h2-12,14-16,26-28,31-32,42,45H,13,17-18H2,1H3/t26-,27+,28-,31-,32-,38+/m0/s1. The van der Waals surface area contributed by atoms with Gasteiger partial charge in [-0.15, -0.1) is 11.3 Å². The molecule has 0 radical (unpaired) electrons. The van der Waals surface area contributed by atoms with Crippen LogP contribution in [0, 0.1) is 33.1 Å². The van der Waals surface area contributed by atoms with Gasteiger partial charge in [-0.3, -0.25) is 29.5 Å². The molecular formula is C38H30ClFIN3O6S. The number of halogens is 3. The molecule has 3 heterocycles. The molecule has 2 N–H and O–H groups in total. The molecule has 0 spiro atoms. The molecule has 260 valence electrons. The molecule has 3 fully saturated rings. The van der Waals surface area contributed by atoms with Crippen molar-refractivity contribution in [2.45, 2.75) is 30.7 Å². The summed E-state index contributed by atoms with van der Waals surface area (Å²) >= 11 is 9.84. The van der Waals surface area contributed by atoms with Crippen LogP contribution in [0.15, 0.2) is 89.8 Å². The van der Waals surface area contributed by atoms with Crippen LogP contribution in [-0.2, 0) is 31.1 Å². The summed E-state index contributed by atoms with van der Waals surface area (Å²) in [7, 11) is 1.43. The molecule has 0 bridgehead atoms. The van der Waals surface area contributed by atoms with Crippen molar-refractivity contribution >= 4 is 74.8 Å². The van der Waals surface area contributed by atoms with Crippen molar-refractivity contribution in [2.24, 2.45) is 23.7 Å². The number of imide groups is 2. The molecule has 4 amide bonds. The topological polar surface area (TPSA) is 116 Å². The molecule has 8 rings (SSSR count). The minimum absolute atomic E-state index is 0.0711. The Bertz CT molecular complexity index is 2130. The summed E-state index contributed by atoms with van der Waals surface area (Å²) in [6.45, 7) is 0.173. The molecule has 2 saturated heterocycles. The van der Waals surface area contributed by atoms with Gasteiger partial charge in [-0.05, 0) is 112 Å². The minimum Gasteiger partial charge on any atom is -0.504 e. The number of likely N-dealkylation sites (tertiary alicyclic amines) is 1. The SMILES string of the molecule is COc1cc([C@H]2C3=CC[C@@H]4C(=O)N(Cc5cccs5)C(=O)[C@@H]4[C@@H]3C[C@H]3C(=O)N(Nc4ccc(F)cc4)C(=O)[C@@]23c2ccc(Cl)cc2)cc(I)c1O. The fourth-order valence-corrected chi connectivity index (χ4v) is 10.2. The number of rotatable bonds is 7. The lowest BCUT2D eigenvalue weighted by Gasteiger charge is -2.50. The van der Waals surface area contributed by atoms with Gasteiger partial charge in [0.2, 0.25) is 11.8 Å². The fraction of sp³-hybridized carbons (Fsp3) is 0.263. The zero-order valence-electron chi connectivity index (χ0n) is 27.0. The minimum atomic E-state index is -1.54. The molecule has 3 aromatic carbocycles. The fourth-order valence-electron chi connectivity index (χ4n) is 8.73. The lowest BCUT2D eigenvalue weighted by atomic mass is 9.49. The second-order valence-electron chi connectivity index (χ2n) is 13.3. The van der Waals surface area contributed by atoms with Crippen LogP contribution in [0.3, 0.4) is 0 Å². The molecule has 4 aromatic rings. The maximum absolute atomic E-state index is 15.3. The summed E-state index contributed by atoms with van der Waals surface area (Å²) in [5.41, 5.74) is 3.65. The van der Waals surface area contributed by atoms with E-state index in [1.54, 1.807) is 36.4 Å². The number of hydrogen-bond donors (Lipinski definition) is 2. The van der Waals surface area contributed by atoms with Gasteiger partial charge < -0.3 is 9.84 Å².